The van der Waals surface area contributed by atoms with Gasteiger partial charge in [0.2, 0.25) is 0 Å². The Kier molecular flexibility index (Phi) is 6.71. The minimum atomic E-state index is -0.00757. The Morgan fingerprint density at radius 2 is 2.17 bits per heavy atom. The van der Waals surface area contributed by atoms with Gasteiger partial charge in [-0.3, -0.25) is 0 Å². The lowest BCUT2D eigenvalue weighted by Crippen LogP contribution is -2.43. The van der Waals surface area contributed by atoms with Crippen LogP contribution in [0.1, 0.15) is 51.1 Å². The third-order valence-corrected chi connectivity index (χ3v) is 4.25. The normalized spacial score (nSPS) is 18.7. The summed E-state index contributed by atoms with van der Waals surface area (Å²) in [5, 5.41) is 11.9. The van der Waals surface area contributed by atoms with Gasteiger partial charge in [0, 0.05) is 19.2 Å². The Bertz CT molecular complexity index is 490. The molecule has 1 aliphatic rings. The van der Waals surface area contributed by atoms with Gasteiger partial charge in [-0.1, -0.05) is 12.1 Å². The molecule has 0 radical (unpaired) electrons. The van der Waals surface area contributed by atoms with Crippen molar-refractivity contribution in [3.63, 3.8) is 0 Å². The van der Waals surface area contributed by atoms with Gasteiger partial charge in [-0.2, -0.15) is 0 Å². The number of amides is 2. The summed E-state index contributed by atoms with van der Waals surface area (Å²) in [7, 11) is 0. The second-order valence-corrected chi connectivity index (χ2v) is 6.07. The van der Waals surface area contributed by atoms with E-state index in [1.165, 1.54) is 0 Å². The number of benzene rings is 1. The summed E-state index contributed by atoms with van der Waals surface area (Å²) in [5.74, 6) is 0.864. The molecule has 2 rings (SSSR count). The zero-order valence-corrected chi connectivity index (χ0v) is 14.1. The van der Waals surface area contributed by atoms with Crippen LogP contribution in [0.3, 0.4) is 0 Å². The summed E-state index contributed by atoms with van der Waals surface area (Å²) >= 11 is 0. The number of nitrogens with zero attached hydrogens (tertiary/aromatic N) is 1. The van der Waals surface area contributed by atoms with E-state index in [9.17, 15) is 4.79 Å². The molecule has 2 unspecified atom stereocenters. The number of aliphatic hydroxyl groups excluding tert-OH is 1. The van der Waals surface area contributed by atoms with Gasteiger partial charge in [-0.15, -0.1) is 0 Å². The lowest BCUT2D eigenvalue weighted by molar-refractivity contribution is 0.188. The summed E-state index contributed by atoms with van der Waals surface area (Å²) in [6.07, 6.45) is 3.52. The van der Waals surface area contributed by atoms with Crippen molar-refractivity contribution in [1.82, 2.24) is 10.2 Å². The van der Waals surface area contributed by atoms with E-state index in [-0.39, 0.29) is 24.7 Å². The maximum Gasteiger partial charge on any atom is 0.318 e. The molecule has 2 amide bonds. The van der Waals surface area contributed by atoms with E-state index in [4.69, 9.17) is 9.84 Å². The standard InChI is InChI=1S/C18H28N2O3/c1-3-23-16-10-8-15(9-11-16)17-7-4-12-20(17)18(22)19-14(2)6-5-13-21/h8-11,14,17,21H,3-7,12-13H2,1-2H3,(H,19,22). The van der Waals surface area contributed by atoms with Crippen LogP contribution in [0.15, 0.2) is 24.3 Å². The first kappa shape index (κ1) is 17.6. The van der Waals surface area contributed by atoms with Gasteiger partial charge in [-0.05, 0) is 57.2 Å². The maximum atomic E-state index is 12.5. The molecular formula is C18H28N2O3. The molecule has 2 atom stereocenters. The van der Waals surface area contributed by atoms with Crippen molar-refractivity contribution in [2.24, 2.45) is 0 Å². The van der Waals surface area contributed by atoms with Crippen LogP contribution in [0.25, 0.3) is 0 Å². The number of nitrogens with one attached hydrogen (secondary N) is 1. The number of carbonyl (C=O) groups is 1. The lowest BCUT2D eigenvalue weighted by Gasteiger charge is -2.27. The molecule has 1 aromatic rings. The van der Waals surface area contributed by atoms with Gasteiger partial charge in [0.25, 0.3) is 0 Å². The quantitative estimate of drug-likeness (QED) is 0.811. The molecule has 128 valence electrons. The second kappa shape index (κ2) is 8.77. The van der Waals surface area contributed by atoms with Gasteiger partial charge in [0.05, 0.1) is 12.6 Å². The zero-order valence-electron chi connectivity index (χ0n) is 14.1. The maximum absolute atomic E-state index is 12.5. The SMILES string of the molecule is CCOc1ccc(C2CCCN2C(=O)NC(C)CCCO)cc1. The summed E-state index contributed by atoms with van der Waals surface area (Å²) in [6.45, 7) is 5.56. The van der Waals surface area contributed by atoms with Crippen molar-refractivity contribution in [2.45, 2.75) is 51.6 Å². The summed E-state index contributed by atoms with van der Waals surface area (Å²) in [6, 6.07) is 8.25. The smallest absolute Gasteiger partial charge is 0.318 e. The number of carbonyl (C=O) groups excluding carboxylic acids is 1. The van der Waals surface area contributed by atoms with Crippen molar-refractivity contribution < 1.29 is 14.6 Å². The molecule has 5 nitrogen and oxygen atoms in total. The molecule has 1 aliphatic heterocycles. The first-order valence-electron chi connectivity index (χ1n) is 8.56. The number of aliphatic hydroxyl groups is 1. The number of ether oxygens (including phenoxy) is 1. The van der Waals surface area contributed by atoms with Crippen LogP contribution in [0.2, 0.25) is 0 Å². The number of hydrogen-bond acceptors (Lipinski definition) is 3. The highest BCUT2D eigenvalue weighted by atomic mass is 16.5. The monoisotopic (exact) mass is 320 g/mol. The van der Waals surface area contributed by atoms with Crippen LogP contribution in [-0.4, -0.2) is 41.8 Å². The van der Waals surface area contributed by atoms with E-state index >= 15 is 0 Å². The topological polar surface area (TPSA) is 61.8 Å². The zero-order chi connectivity index (χ0) is 16.7. The molecule has 23 heavy (non-hydrogen) atoms. The Labute approximate surface area is 138 Å². The van der Waals surface area contributed by atoms with Crippen molar-refractivity contribution in [3.05, 3.63) is 29.8 Å². The minimum absolute atomic E-state index is 0.00757. The molecule has 5 heteroatoms. The number of urea groups is 1. The molecule has 1 heterocycles. The van der Waals surface area contributed by atoms with Gasteiger partial charge < -0.3 is 20.1 Å². The van der Waals surface area contributed by atoms with Crippen LogP contribution in [-0.2, 0) is 0 Å². The van der Waals surface area contributed by atoms with Gasteiger partial charge in [-0.25, -0.2) is 4.79 Å². The summed E-state index contributed by atoms with van der Waals surface area (Å²) in [4.78, 5) is 14.4. The van der Waals surface area contributed by atoms with Gasteiger partial charge in [0.1, 0.15) is 5.75 Å². The Balaban J connectivity index is 1.97. The van der Waals surface area contributed by atoms with Crippen LogP contribution in [0, 0.1) is 0 Å². The predicted molar refractivity (Wildman–Crippen MR) is 90.6 cm³/mol. The Morgan fingerprint density at radius 3 is 2.83 bits per heavy atom. The summed E-state index contributed by atoms with van der Waals surface area (Å²) < 4.78 is 5.47. The average Bonchev–Trinajstić information content (AvgIpc) is 3.03. The average molecular weight is 320 g/mol. The first-order chi connectivity index (χ1) is 11.2. The molecule has 1 saturated heterocycles. The first-order valence-corrected chi connectivity index (χ1v) is 8.56. The number of rotatable bonds is 7. The third kappa shape index (κ3) is 4.86. The van der Waals surface area contributed by atoms with Crippen molar-refractivity contribution >= 4 is 6.03 Å². The van der Waals surface area contributed by atoms with E-state index < -0.39 is 0 Å². The molecule has 0 saturated carbocycles. The fourth-order valence-corrected chi connectivity index (χ4v) is 3.07. The molecule has 0 spiro atoms. The van der Waals surface area contributed by atoms with Gasteiger partial charge >= 0.3 is 6.03 Å². The van der Waals surface area contributed by atoms with Crippen molar-refractivity contribution in [1.29, 1.82) is 0 Å². The lowest BCUT2D eigenvalue weighted by atomic mass is 10.0. The van der Waals surface area contributed by atoms with Crippen LogP contribution >= 0.6 is 0 Å². The van der Waals surface area contributed by atoms with Crippen molar-refractivity contribution in [3.8, 4) is 5.75 Å². The van der Waals surface area contributed by atoms with E-state index in [1.54, 1.807) is 0 Å². The fraction of sp³-hybridized carbons (Fsp3) is 0.611. The Morgan fingerprint density at radius 1 is 1.43 bits per heavy atom. The molecule has 2 N–H and O–H groups in total. The molecular weight excluding hydrogens is 292 g/mol. The van der Waals surface area contributed by atoms with E-state index in [0.717, 1.165) is 37.1 Å². The van der Waals surface area contributed by atoms with Crippen LogP contribution in [0.4, 0.5) is 4.79 Å². The highest BCUT2D eigenvalue weighted by molar-refractivity contribution is 5.75. The largest absolute Gasteiger partial charge is 0.494 e. The van der Waals surface area contributed by atoms with E-state index in [2.05, 4.69) is 17.4 Å². The molecule has 0 aromatic heterocycles. The minimum Gasteiger partial charge on any atom is -0.494 e. The predicted octanol–water partition coefficient (Wildman–Crippen LogP) is 3.09. The fourth-order valence-electron chi connectivity index (χ4n) is 3.07. The summed E-state index contributed by atoms with van der Waals surface area (Å²) in [5.41, 5.74) is 1.16. The second-order valence-electron chi connectivity index (χ2n) is 6.07. The third-order valence-electron chi connectivity index (χ3n) is 4.25. The van der Waals surface area contributed by atoms with Crippen LogP contribution in [0.5, 0.6) is 5.75 Å². The van der Waals surface area contributed by atoms with Gasteiger partial charge in [0.15, 0.2) is 0 Å². The number of hydrogen-bond donors (Lipinski definition) is 2. The van der Waals surface area contributed by atoms with E-state index in [0.29, 0.717) is 13.0 Å². The highest BCUT2D eigenvalue weighted by Crippen LogP contribution is 2.32. The van der Waals surface area contributed by atoms with E-state index in [1.807, 2.05) is 30.9 Å². The van der Waals surface area contributed by atoms with Crippen molar-refractivity contribution in [2.75, 3.05) is 19.8 Å². The van der Waals surface area contributed by atoms with Crippen LogP contribution < -0.4 is 10.1 Å². The highest BCUT2D eigenvalue weighted by Gasteiger charge is 2.30. The molecule has 0 bridgehead atoms. The molecule has 1 fully saturated rings. The molecule has 0 aliphatic carbocycles. The number of likely N-dealkylation sites (tertiary alicyclic amines) is 1. The Hall–Kier alpha value is -1.75. The molecule has 1 aromatic carbocycles.